The van der Waals surface area contributed by atoms with Crippen LogP contribution in [0.25, 0.3) is 0 Å². The van der Waals surface area contributed by atoms with Gasteiger partial charge >= 0.3 is 12.1 Å². The number of methoxy groups -OCH3 is 2. The van der Waals surface area contributed by atoms with Crippen LogP contribution in [0.5, 0.6) is 5.75 Å². The largest absolute Gasteiger partial charge is 0.495 e. The second-order valence-electron chi connectivity index (χ2n) is 17.9. The predicted octanol–water partition coefficient (Wildman–Crippen LogP) is 4.63. The fourth-order valence-corrected chi connectivity index (χ4v) is 9.29. The molecule has 0 aromatic heterocycles. The van der Waals surface area contributed by atoms with Crippen LogP contribution >= 0.6 is 23.4 Å². The van der Waals surface area contributed by atoms with Gasteiger partial charge in [0.1, 0.15) is 46.8 Å². The van der Waals surface area contributed by atoms with Gasteiger partial charge in [0, 0.05) is 57.2 Å². The highest BCUT2D eigenvalue weighted by atomic mass is 35.5. The van der Waals surface area contributed by atoms with Crippen LogP contribution in [0.4, 0.5) is 16.2 Å². The molecule has 0 radical (unpaired) electrons. The summed E-state index contributed by atoms with van der Waals surface area (Å²) in [4.78, 5) is 81.8. The number of nitrogens with one attached hydrogen (secondary N) is 3. The van der Waals surface area contributed by atoms with Gasteiger partial charge in [-0.15, -0.1) is 0 Å². The number of hydrogen-bond acceptors (Lipinski definition) is 14. The SMILES string of the molecule is COc1cc2cc(c1Cl)N(C)C(=O)CC(OC(=O)C(C)N(C)C(=O)CCSCc1ccc(NC(=O)C(C)NC(=O)C(C)N)cc1)C1(C)OC1C(C)C1CC(O)(NC(=O)O1)C(OC)/C=C/C=C(\C)C2. The summed E-state index contributed by atoms with van der Waals surface area (Å²) < 4.78 is 29.4. The first-order valence-corrected chi connectivity index (χ1v) is 23.9. The molecule has 6 N–H and O–H groups in total. The van der Waals surface area contributed by atoms with E-state index >= 15 is 0 Å². The van der Waals surface area contributed by atoms with E-state index in [4.69, 9.17) is 41.0 Å². The van der Waals surface area contributed by atoms with Crippen LogP contribution in [0.15, 0.2) is 60.2 Å². The molecule has 4 bridgehead atoms. The van der Waals surface area contributed by atoms with E-state index in [2.05, 4.69) is 16.0 Å². The van der Waals surface area contributed by atoms with Gasteiger partial charge < -0.3 is 55.0 Å². The monoisotopic (exact) mass is 984 g/mol. The lowest BCUT2D eigenvalue weighted by Crippen LogP contribution is -2.63. The first kappa shape index (κ1) is 53.8. The van der Waals surface area contributed by atoms with E-state index in [9.17, 15) is 33.9 Å². The van der Waals surface area contributed by atoms with Gasteiger partial charge in [0.25, 0.3) is 0 Å². The van der Waals surface area contributed by atoms with Gasteiger partial charge in [0.2, 0.25) is 23.6 Å². The molecule has 3 aliphatic heterocycles. The molecule has 18 nitrogen and oxygen atoms in total. The molecular weight excluding hydrogens is 920 g/mol. The van der Waals surface area contributed by atoms with Gasteiger partial charge in [0.05, 0.1) is 31.4 Å². The zero-order chi connectivity index (χ0) is 50.2. The Kier molecular flexibility index (Phi) is 18.1. The lowest BCUT2D eigenvalue weighted by atomic mass is 9.83. The first-order chi connectivity index (χ1) is 32.0. The second-order valence-corrected chi connectivity index (χ2v) is 19.4. The number of alkyl carbamates (subject to hydrolysis) is 1. The number of aliphatic hydroxyl groups is 1. The maximum atomic E-state index is 14.3. The molecule has 10 atom stereocenters. The van der Waals surface area contributed by atoms with Crippen molar-refractivity contribution in [2.75, 3.05) is 44.3 Å². The van der Waals surface area contributed by atoms with E-state index in [-0.39, 0.29) is 36.1 Å². The fraction of sp³-hybridized carbons (Fsp3) is 0.542. The van der Waals surface area contributed by atoms with Crippen molar-refractivity contribution in [2.24, 2.45) is 11.7 Å². The maximum Gasteiger partial charge on any atom is 0.409 e. The summed E-state index contributed by atoms with van der Waals surface area (Å²) in [5, 5.41) is 19.9. The van der Waals surface area contributed by atoms with E-state index in [0.717, 1.165) is 16.7 Å². The third-order valence-corrected chi connectivity index (χ3v) is 14.1. The van der Waals surface area contributed by atoms with Crippen LogP contribution in [-0.4, -0.2) is 134 Å². The standard InChI is InChI=1S/C48H65ClN6O12S/c1-26-12-11-13-37(64-10)48(62)24-36(65-46(61)53-48)27(2)42-47(6,67-42)38(23-40(57)55(8)34-21-32(20-26)22-35(63-9)41(34)49)66-45(60)30(5)54(7)39(56)18-19-68-25-31-14-16-33(17-15-31)52-44(59)29(4)51-43(58)28(3)50/h11-17,21-22,27-30,36-38,42,62H,18-20,23-25,50H2,1-10H3,(H,51,58)(H,52,59)(H,53,61)/b13-11+,26-12+. The van der Waals surface area contributed by atoms with E-state index in [0.29, 0.717) is 35.1 Å². The van der Waals surface area contributed by atoms with Crippen molar-refractivity contribution in [2.45, 2.75) is 127 Å². The number of fused-ring (bicyclic) bond motifs is 5. The highest BCUT2D eigenvalue weighted by Crippen LogP contribution is 2.49. The van der Waals surface area contributed by atoms with E-state index in [1.807, 2.05) is 25.1 Å². The van der Waals surface area contributed by atoms with Gasteiger partial charge in [0.15, 0.2) is 5.72 Å². The molecule has 20 heteroatoms. The van der Waals surface area contributed by atoms with Crippen LogP contribution in [0.1, 0.15) is 71.9 Å². The molecule has 3 aliphatic rings. The van der Waals surface area contributed by atoms with Crippen molar-refractivity contribution in [3.63, 3.8) is 0 Å². The number of carbonyl (C=O) groups is 6. The van der Waals surface area contributed by atoms with Gasteiger partial charge in [-0.1, -0.05) is 54.5 Å². The summed E-state index contributed by atoms with van der Waals surface area (Å²) in [6.45, 7) is 10.0. The number of carbonyl (C=O) groups excluding carboxylic acids is 6. The van der Waals surface area contributed by atoms with E-state index in [1.165, 1.54) is 49.8 Å². The maximum absolute atomic E-state index is 14.3. The zero-order valence-corrected chi connectivity index (χ0v) is 41.8. The summed E-state index contributed by atoms with van der Waals surface area (Å²) in [6.07, 6.45) is 0.743. The molecule has 5 rings (SSSR count). The molecule has 5 amide bonds. The Morgan fingerprint density at radius 2 is 1.81 bits per heavy atom. The van der Waals surface area contributed by atoms with E-state index < -0.39 is 83.7 Å². The molecule has 68 heavy (non-hydrogen) atoms. The van der Waals surface area contributed by atoms with Crippen LogP contribution in [-0.2, 0) is 55.1 Å². The third-order valence-electron chi connectivity index (χ3n) is 12.6. The lowest BCUT2D eigenvalue weighted by molar-refractivity contribution is -0.162. The Morgan fingerprint density at radius 1 is 1.12 bits per heavy atom. The summed E-state index contributed by atoms with van der Waals surface area (Å²) >= 11 is 8.32. The number of esters is 1. The number of allylic oxidation sites excluding steroid dienone is 3. The molecular formula is C48H65ClN6O12S. The Morgan fingerprint density at radius 3 is 2.46 bits per heavy atom. The molecule has 0 spiro atoms. The number of benzene rings is 2. The first-order valence-electron chi connectivity index (χ1n) is 22.4. The number of nitrogens with two attached hydrogens (primary N) is 1. The van der Waals surface area contributed by atoms with Gasteiger partial charge in [-0.3, -0.25) is 24.5 Å². The average Bonchev–Trinajstić information content (AvgIpc) is 3.99. The summed E-state index contributed by atoms with van der Waals surface area (Å²) in [5.41, 5.74) is 6.01. The average molecular weight is 986 g/mol. The highest BCUT2D eigenvalue weighted by molar-refractivity contribution is 7.98. The molecule has 0 saturated carbocycles. The Labute approximate surface area is 406 Å². The number of amides is 5. The minimum absolute atomic E-state index is 0.0795. The van der Waals surface area contributed by atoms with Crippen LogP contribution in [0, 0.1) is 5.92 Å². The van der Waals surface area contributed by atoms with Crippen molar-refractivity contribution in [3.05, 3.63) is 76.3 Å². The number of nitrogens with zero attached hydrogens (tertiary/aromatic N) is 2. The number of ether oxygens (including phenoxy) is 5. The molecule has 2 aromatic rings. The van der Waals surface area contributed by atoms with Crippen molar-refractivity contribution in [3.8, 4) is 5.75 Å². The number of halogens is 1. The quantitative estimate of drug-likeness (QED) is 0.0986. The fourth-order valence-electron chi connectivity index (χ4n) is 8.09. The third kappa shape index (κ3) is 13.1. The normalized spacial score (nSPS) is 27.6. The van der Waals surface area contributed by atoms with Crippen molar-refractivity contribution >= 4 is 70.4 Å². The number of anilines is 2. The topological polar surface area (TPSA) is 241 Å². The van der Waals surface area contributed by atoms with Crippen molar-refractivity contribution in [1.82, 2.24) is 15.5 Å². The summed E-state index contributed by atoms with van der Waals surface area (Å²) in [7, 11) is 5.97. The number of hydrogen-bond donors (Lipinski definition) is 5. The Hall–Kier alpha value is -5.18. The second kappa shape index (κ2) is 23.0. The predicted molar refractivity (Wildman–Crippen MR) is 258 cm³/mol. The zero-order valence-electron chi connectivity index (χ0n) is 40.3. The molecule has 2 saturated heterocycles. The molecule has 372 valence electrons. The molecule has 2 fully saturated rings. The van der Waals surface area contributed by atoms with E-state index in [1.54, 1.807) is 71.2 Å². The smallest absolute Gasteiger partial charge is 0.409 e. The minimum Gasteiger partial charge on any atom is -0.495 e. The molecule has 10 unspecified atom stereocenters. The van der Waals surface area contributed by atoms with Crippen LogP contribution < -0.4 is 31.3 Å². The number of epoxide rings is 1. The van der Waals surface area contributed by atoms with Gasteiger partial charge in [-0.05, 0) is 76.4 Å². The highest BCUT2D eigenvalue weighted by Gasteiger charge is 2.64. The van der Waals surface area contributed by atoms with Gasteiger partial charge in [-0.25, -0.2) is 9.59 Å². The molecule has 2 aromatic carbocycles. The minimum atomic E-state index is -1.86. The summed E-state index contributed by atoms with van der Waals surface area (Å²) in [6, 6.07) is 8.18. The van der Waals surface area contributed by atoms with Crippen molar-refractivity contribution < 1.29 is 57.6 Å². The summed E-state index contributed by atoms with van der Waals surface area (Å²) in [5.74, 6) is -1.56. The molecule has 3 heterocycles. The van der Waals surface area contributed by atoms with Gasteiger partial charge in [-0.2, -0.15) is 11.8 Å². The van der Waals surface area contributed by atoms with Crippen LogP contribution in [0.2, 0.25) is 5.02 Å². The number of rotatable bonds is 14. The lowest BCUT2D eigenvalue weighted by Gasteiger charge is -2.42. The molecule has 0 aliphatic carbocycles. The van der Waals surface area contributed by atoms with Crippen molar-refractivity contribution in [1.29, 1.82) is 0 Å². The number of likely N-dealkylation sites (N-methyl/N-ethyl adjacent to an activating group) is 1. The Bertz CT molecular complexity index is 2260. The van der Waals surface area contributed by atoms with Crippen LogP contribution in [0.3, 0.4) is 0 Å². The number of thioether (sulfide) groups is 1. The Balaban J connectivity index is 1.29.